The fourth-order valence-corrected chi connectivity index (χ4v) is 2.06. The summed E-state index contributed by atoms with van der Waals surface area (Å²) in [5, 5.41) is 13.1. The van der Waals surface area contributed by atoms with E-state index in [-0.39, 0.29) is 11.8 Å². The van der Waals surface area contributed by atoms with Gasteiger partial charge in [-0.25, -0.2) is 4.98 Å². The van der Waals surface area contributed by atoms with Crippen LogP contribution in [0.3, 0.4) is 0 Å². The molecule has 3 aromatic rings. The van der Waals surface area contributed by atoms with Crippen molar-refractivity contribution >= 4 is 17.3 Å². The molecule has 0 fully saturated rings. The topological polar surface area (TPSA) is 119 Å². The Hall–Kier alpha value is -2.29. The van der Waals surface area contributed by atoms with Crippen LogP contribution >= 0.6 is 11.3 Å². The molecular weight excluding hydrogens is 254 g/mol. The Labute approximate surface area is 105 Å². The van der Waals surface area contributed by atoms with Gasteiger partial charge >= 0.3 is 0 Å². The van der Waals surface area contributed by atoms with Gasteiger partial charge in [0.05, 0.1) is 17.1 Å². The quantitative estimate of drug-likeness (QED) is 0.716. The number of nitrogen functional groups attached to an aromatic ring is 1. The van der Waals surface area contributed by atoms with Gasteiger partial charge < -0.3 is 10.3 Å². The van der Waals surface area contributed by atoms with Gasteiger partial charge in [0, 0.05) is 5.38 Å². The number of aromatic nitrogens is 6. The Kier molecular flexibility index (Phi) is 2.52. The van der Waals surface area contributed by atoms with Crippen molar-refractivity contribution in [3.05, 3.63) is 21.9 Å². The lowest BCUT2D eigenvalue weighted by Crippen LogP contribution is -1.91. The Morgan fingerprint density at radius 2 is 2.28 bits per heavy atom. The molecule has 0 spiro atoms. The second-order valence-electron chi connectivity index (χ2n) is 3.59. The number of H-pyrrole nitrogens is 1. The van der Waals surface area contributed by atoms with Crippen molar-refractivity contribution in [2.45, 2.75) is 13.3 Å². The summed E-state index contributed by atoms with van der Waals surface area (Å²) >= 11 is 1.59. The van der Waals surface area contributed by atoms with Crippen molar-refractivity contribution in [2.75, 3.05) is 5.73 Å². The molecule has 18 heavy (non-hydrogen) atoms. The monoisotopic (exact) mass is 263 g/mol. The molecule has 3 aromatic heterocycles. The third-order valence-electron chi connectivity index (χ3n) is 2.18. The summed E-state index contributed by atoms with van der Waals surface area (Å²) in [5.74, 6) is 1.31. The smallest absolute Gasteiger partial charge is 0.295 e. The first-order valence-corrected chi connectivity index (χ1v) is 6.00. The average Bonchev–Trinajstić information content (AvgIpc) is 3.01. The minimum atomic E-state index is 0.139. The molecule has 0 saturated heterocycles. The van der Waals surface area contributed by atoms with Crippen molar-refractivity contribution in [3.63, 3.8) is 0 Å². The van der Waals surface area contributed by atoms with Crippen LogP contribution in [0.1, 0.15) is 16.5 Å². The molecule has 0 aliphatic carbocycles. The van der Waals surface area contributed by atoms with Crippen molar-refractivity contribution in [1.29, 1.82) is 0 Å². The Bertz CT molecular complexity index is 670. The van der Waals surface area contributed by atoms with E-state index in [4.69, 9.17) is 10.3 Å². The third kappa shape index (κ3) is 2.07. The number of aromatic amines is 1. The van der Waals surface area contributed by atoms with E-state index in [0.717, 1.165) is 10.7 Å². The number of rotatable bonds is 3. The Morgan fingerprint density at radius 3 is 2.94 bits per heavy atom. The fourth-order valence-electron chi connectivity index (χ4n) is 1.44. The van der Waals surface area contributed by atoms with Crippen LogP contribution in [0, 0.1) is 6.92 Å². The molecule has 3 rings (SSSR count). The first-order chi connectivity index (χ1) is 8.70. The minimum absolute atomic E-state index is 0.139. The molecule has 9 heteroatoms. The van der Waals surface area contributed by atoms with Gasteiger partial charge in [-0.05, 0) is 6.92 Å². The van der Waals surface area contributed by atoms with Crippen LogP contribution < -0.4 is 5.73 Å². The summed E-state index contributed by atoms with van der Waals surface area (Å²) in [5.41, 5.74) is 6.32. The summed E-state index contributed by atoms with van der Waals surface area (Å²) in [6.45, 7) is 1.95. The maximum absolute atomic E-state index is 5.40. The molecule has 0 bridgehead atoms. The van der Waals surface area contributed by atoms with Gasteiger partial charge in [0.25, 0.3) is 5.89 Å². The zero-order valence-electron chi connectivity index (χ0n) is 9.41. The zero-order chi connectivity index (χ0) is 12.5. The number of anilines is 1. The van der Waals surface area contributed by atoms with Crippen molar-refractivity contribution < 1.29 is 4.52 Å². The highest BCUT2D eigenvalue weighted by molar-refractivity contribution is 7.09. The molecule has 8 nitrogen and oxygen atoms in total. The molecule has 0 amide bonds. The third-order valence-corrected chi connectivity index (χ3v) is 3.00. The molecular formula is C9H9N7OS. The summed E-state index contributed by atoms with van der Waals surface area (Å²) < 4.78 is 5.07. The van der Waals surface area contributed by atoms with Crippen LogP contribution in [0.5, 0.6) is 0 Å². The largest absolute Gasteiger partial charge is 0.366 e. The van der Waals surface area contributed by atoms with Gasteiger partial charge in [-0.15, -0.1) is 16.4 Å². The summed E-state index contributed by atoms with van der Waals surface area (Å²) in [4.78, 5) is 12.4. The minimum Gasteiger partial charge on any atom is -0.366 e. The van der Waals surface area contributed by atoms with Crippen LogP contribution in [-0.4, -0.2) is 30.3 Å². The van der Waals surface area contributed by atoms with Crippen molar-refractivity contribution in [2.24, 2.45) is 0 Å². The van der Waals surface area contributed by atoms with Crippen LogP contribution in [0.2, 0.25) is 0 Å². The van der Waals surface area contributed by atoms with Gasteiger partial charge in [-0.3, -0.25) is 5.10 Å². The van der Waals surface area contributed by atoms with Crippen LogP contribution in [0.15, 0.2) is 9.90 Å². The first kappa shape index (κ1) is 10.8. The molecule has 92 valence electrons. The van der Waals surface area contributed by atoms with Crippen molar-refractivity contribution in [3.8, 4) is 11.7 Å². The normalized spacial score (nSPS) is 10.9. The van der Waals surface area contributed by atoms with Gasteiger partial charge in [0.15, 0.2) is 5.82 Å². The standard InChI is InChI=1S/C9H9N7OS/c1-4-11-5(3-18-4)2-6-12-8(17-16-6)7-13-9(10)15-14-7/h3H,2H2,1H3,(H3,10,13,14,15). The molecule has 0 aromatic carbocycles. The molecule has 0 saturated carbocycles. The second-order valence-corrected chi connectivity index (χ2v) is 4.65. The van der Waals surface area contributed by atoms with Gasteiger partial charge in [0.1, 0.15) is 0 Å². The summed E-state index contributed by atoms with van der Waals surface area (Å²) in [6.07, 6.45) is 0.525. The lowest BCUT2D eigenvalue weighted by atomic mass is 10.3. The highest BCUT2D eigenvalue weighted by Gasteiger charge is 2.13. The predicted octanol–water partition coefficient (Wildman–Crippen LogP) is 0.793. The molecule has 3 heterocycles. The maximum atomic E-state index is 5.40. The number of hydrogen-bond donors (Lipinski definition) is 2. The predicted molar refractivity (Wildman–Crippen MR) is 63.7 cm³/mol. The van der Waals surface area contributed by atoms with Gasteiger partial charge in [0.2, 0.25) is 11.8 Å². The highest BCUT2D eigenvalue weighted by atomic mass is 32.1. The SMILES string of the molecule is Cc1nc(Cc2noc(-c3nc(N)n[nH]3)n2)cs1. The Morgan fingerprint density at radius 1 is 1.39 bits per heavy atom. The van der Waals surface area contributed by atoms with E-state index in [1.165, 1.54) is 0 Å². The number of thiazole rings is 1. The number of aryl methyl sites for hydroxylation is 1. The first-order valence-electron chi connectivity index (χ1n) is 5.12. The summed E-state index contributed by atoms with van der Waals surface area (Å²) in [7, 11) is 0. The lowest BCUT2D eigenvalue weighted by Gasteiger charge is -1.87. The number of hydrogen-bond acceptors (Lipinski definition) is 8. The van der Waals surface area contributed by atoms with Gasteiger partial charge in [-0.1, -0.05) is 5.16 Å². The van der Waals surface area contributed by atoms with E-state index in [2.05, 4.69) is 30.3 Å². The average molecular weight is 263 g/mol. The lowest BCUT2D eigenvalue weighted by molar-refractivity contribution is 0.421. The van der Waals surface area contributed by atoms with Crippen molar-refractivity contribution in [1.82, 2.24) is 30.3 Å². The fraction of sp³-hybridized carbons (Fsp3) is 0.222. The second kappa shape index (κ2) is 4.18. The number of nitrogens with two attached hydrogens (primary N) is 1. The van der Waals surface area contributed by atoms with E-state index in [9.17, 15) is 0 Å². The Balaban J connectivity index is 1.81. The van der Waals surface area contributed by atoms with Crippen LogP contribution in [0.4, 0.5) is 5.95 Å². The van der Waals surface area contributed by atoms with E-state index < -0.39 is 0 Å². The van der Waals surface area contributed by atoms with E-state index in [1.807, 2.05) is 12.3 Å². The number of nitrogens with zero attached hydrogens (tertiary/aromatic N) is 5. The maximum Gasteiger partial charge on any atom is 0.295 e. The van der Waals surface area contributed by atoms with E-state index in [1.54, 1.807) is 11.3 Å². The molecule has 0 aliphatic rings. The number of nitrogens with one attached hydrogen (secondary N) is 1. The molecule has 0 radical (unpaired) electrons. The molecule has 3 N–H and O–H groups in total. The van der Waals surface area contributed by atoms with Crippen LogP contribution in [0.25, 0.3) is 11.7 Å². The summed E-state index contributed by atoms with van der Waals surface area (Å²) in [6, 6.07) is 0. The van der Waals surface area contributed by atoms with E-state index >= 15 is 0 Å². The van der Waals surface area contributed by atoms with Gasteiger partial charge in [-0.2, -0.15) is 9.97 Å². The van der Waals surface area contributed by atoms with Crippen LogP contribution in [-0.2, 0) is 6.42 Å². The molecule has 0 atom stereocenters. The highest BCUT2D eigenvalue weighted by Crippen LogP contribution is 2.15. The van der Waals surface area contributed by atoms with E-state index in [0.29, 0.717) is 18.1 Å². The molecule has 0 aliphatic heterocycles. The zero-order valence-corrected chi connectivity index (χ0v) is 10.2. The molecule has 0 unspecified atom stereocenters.